The summed E-state index contributed by atoms with van der Waals surface area (Å²) in [4.78, 5) is 65.3. The Morgan fingerprint density at radius 2 is 1.63 bits per heavy atom. The average molecular weight is 798 g/mol. The number of rotatable bonds is 12. The van der Waals surface area contributed by atoms with Gasteiger partial charge in [0.1, 0.15) is 28.8 Å². The summed E-state index contributed by atoms with van der Waals surface area (Å²) in [5, 5.41) is 10.2. The molecule has 2 aromatic carbocycles. The van der Waals surface area contributed by atoms with Crippen molar-refractivity contribution >= 4 is 67.9 Å². The molecule has 15 nitrogen and oxygen atoms in total. The zero-order chi connectivity index (χ0) is 38.6. The highest BCUT2D eigenvalue weighted by molar-refractivity contribution is 8.00. The number of carbonyl (C=O) groups excluding carboxylic acids is 4. The van der Waals surface area contributed by atoms with E-state index in [0.717, 1.165) is 59.9 Å². The van der Waals surface area contributed by atoms with Crippen molar-refractivity contribution in [1.82, 2.24) is 15.2 Å². The lowest BCUT2D eigenvalue weighted by Gasteiger charge is -2.49. The van der Waals surface area contributed by atoms with Crippen molar-refractivity contribution in [3.63, 3.8) is 0 Å². The van der Waals surface area contributed by atoms with Crippen molar-refractivity contribution in [2.24, 2.45) is 5.16 Å². The number of anilines is 1. The molecule has 3 amide bonds. The van der Waals surface area contributed by atoms with E-state index in [-0.39, 0.29) is 39.9 Å². The number of hydrogen-bond donors (Lipinski definition) is 2. The van der Waals surface area contributed by atoms with Crippen molar-refractivity contribution in [1.29, 1.82) is 0 Å². The second-order valence-corrected chi connectivity index (χ2v) is 17.2. The number of nitrogens with zero attached hydrogens (tertiary/aromatic N) is 3. The maximum Gasteiger partial charge on any atom is 0.413 e. The lowest BCUT2D eigenvalue weighted by Crippen LogP contribution is -2.71. The Labute approximate surface area is 320 Å². The molecule has 54 heavy (non-hydrogen) atoms. The molecule has 6 rings (SSSR count). The second kappa shape index (κ2) is 16.2. The summed E-state index contributed by atoms with van der Waals surface area (Å²) in [7, 11) is -4.12. The van der Waals surface area contributed by atoms with Crippen LogP contribution in [-0.2, 0) is 43.0 Å². The molecule has 1 aliphatic carbocycles. The number of benzene rings is 2. The van der Waals surface area contributed by atoms with E-state index in [2.05, 4.69) is 20.8 Å². The van der Waals surface area contributed by atoms with Crippen LogP contribution in [0.1, 0.15) is 69.4 Å². The summed E-state index contributed by atoms with van der Waals surface area (Å²) >= 11 is 2.13. The zero-order valence-electron chi connectivity index (χ0n) is 29.8. The number of thiazole rings is 1. The smallest absolute Gasteiger partial charge is 0.413 e. The topological polar surface area (TPSA) is 192 Å². The van der Waals surface area contributed by atoms with Crippen LogP contribution in [-0.4, -0.2) is 83.0 Å². The van der Waals surface area contributed by atoms with Gasteiger partial charge in [-0.3, -0.25) is 19.8 Å². The standard InChI is InChI=1S/C36H39N5O10S3/c1-36(2,3)49-35(45)39-34-37-24(19-53-34)26(40-50-23-17-11-12-18-23)30(42)38-27-31(43)41-28(25(20-52-32(27)41)51-54(4,46)47)33(44)48-29(21-13-7-5-8-14-21)22-15-9-6-10-16-22/h5-10,13-16,19,23,27,29,32H,11-12,17-18,20H2,1-4H3,(H,38,42)(H,37,39,45)/b40-26-/t27-,32-/m1/s1. The number of fused-ring (bicyclic) bond motifs is 1. The predicted octanol–water partition coefficient (Wildman–Crippen LogP) is 5.07. The van der Waals surface area contributed by atoms with E-state index in [9.17, 15) is 27.6 Å². The molecule has 2 fully saturated rings. The minimum absolute atomic E-state index is 0.0855. The molecular weight excluding hydrogens is 759 g/mol. The van der Waals surface area contributed by atoms with Crippen LogP contribution in [0.15, 0.2) is 82.7 Å². The molecule has 0 spiro atoms. The molecule has 1 aromatic heterocycles. The number of aromatic nitrogens is 1. The molecule has 0 radical (unpaired) electrons. The normalized spacial score (nSPS) is 19.2. The summed E-state index contributed by atoms with van der Waals surface area (Å²) in [5.74, 6) is -2.90. The van der Waals surface area contributed by atoms with Gasteiger partial charge in [0.05, 0.1) is 12.0 Å². The van der Waals surface area contributed by atoms with Crippen LogP contribution in [0.5, 0.6) is 0 Å². The minimum Gasteiger partial charge on any atom is -0.448 e. The molecule has 1 saturated carbocycles. The fourth-order valence-electron chi connectivity index (χ4n) is 5.94. The van der Waals surface area contributed by atoms with Crippen LogP contribution in [0, 0.1) is 0 Å². The van der Waals surface area contributed by atoms with Gasteiger partial charge < -0.3 is 23.8 Å². The Kier molecular flexibility index (Phi) is 11.6. The highest BCUT2D eigenvalue weighted by Gasteiger charge is 2.56. The molecular formula is C36H39N5O10S3. The van der Waals surface area contributed by atoms with Crippen LogP contribution in [0.2, 0.25) is 0 Å². The third kappa shape index (κ3) is 9.40. The van der Waals surface area contributed by atoms with Gasteiger partial charge in [-0.15, -0.1) is 23.1 Å². The first-order valence-electron chi connectivity index (χ1n) is 17.1. The molecule has 286 valence electrons. The van der Waals surface area contributed by atoms with E-state index in [1.165, 1.54) is 5.38 Å². The Hall–Kier alpha value is -4.94. The summed E-state index contributed by atoms with van der Waals surface area (Å²) < 4.78 is 41.1. The molecule has 18 heteroatoms. The number of nitrogens with one attached hydrogen (secondary N) is 2. The predicted molar refractivity (Wildman–Crippen MR) is 201 cm³/mol. The summed E-state index contributed by atoms with van der Waals surface area (Å²) in [6, 6.07) is 16.7. The van der Waals surface area contributed by atoms with Gasteiger partial charge in [-0.25, -0.2) is 14.6 Å². The molecule has 0 bridgehead atoms. The van der Waals surface area contributed by atoms with Gasteiger partial charge in [-0.05, 0) is 57.6 Å². The zero-order valence-corrected chi connectivity index (χ0v) is 32.3. The summed E-state index contributed by atoms with van der Waals surface area (Å²) in [5.41, 5.74) is 0.00881. The quantitative estimate of drug-likeness (QED) is 0.0814. The number of thioether (sulfide) groups is 1. The van der Waals surface area contributed by atoms with E-state index in [0.29, 0.717) is 11.1 Å². The summed E-state index contributed by atoms with van der Waals surface area (Å²) in [6.45, 7) is 5.16. The summed E-state index contributed by atoms with van der Waals surface area (Å²) in [6.07, 6.45) is 2.41. The largest absolute Gasteiger partial charge is 0.448 e. The van der Waals surface area contributed by atoms with Crippen LogP contribution in [0.3, 0.4) is 0 Å². The Morgan fingerprint density at radius 1 is 1.00 bits per heavy atom. The molecule has 2 N–H and O–H groups in total. The van der Waals surface area contributed by atoms with Crippen molar-refractivity contribution in [2.75, 3.05) is 17.3 Å². The van der Waals surface area contributed by atoms with Crippen LogP contribution in [0.4, 0.5) is 9.93 Å². The van der Waals surface area contributed by atoms with E-state index in [1.54, 1.807) is 69.3 Å². The number of ether oxygens (including phenoxy) is 2. The fraction of sp³-hybridized carbons (Fsp3) is 0.389. The van der Waals surface area contributed by atoms with Crippen molar-refractivity contribution in [3.8, 4) is 0 Å². The third-order valence-electron chi connectivity index (χ3n) is 8.26. The number of β-lactam (4-membered cyclic amide) rings is 1. The monoisotopic (exact) mass is 797 g/mol. The SMILES string of the molecule is CC(C)(C)OC(=O)Nc1nc(/C(=N/OC2CCCC2)C(=O)N[C@@H]2C(=O)N3C(C(=O)OC(c4ccccc4)c4ccccc4)=C(OS(C)(=O)=O)CS[C@H]23)cs1. The van der Waals surface area contributed by atoms with Crippen molar-refractivity contribution in [3.05, 3.63) is 94.3 Å². The van der Waals surface area contributed by atoms with Crippen LogP contribution < -0.4 is 10.6 Å². The second-order valence-electron chi connectivity index (χ2n) is 13.6. The first-order chi connectivity index (χ1) is 25.7. The molecule has 3 heterocycles. The number of hydrogen-bond acceptors (Lipinski definition) is 14. The fourth-order valence-corrected chi connectivity index (χ4v) is 8.45. The number of oxime groups is 1. The Bertz CT molecular complexity index is 2020. The van der Waals surface area contributed by atoms with E-state index in [1.807, 2.05) is 12.1 Å². The number of carbonyl (C=O) groups is 4. The highest BCUT2D eigenvalue weighted by atomic mass is 32.2. The van der Waals surface area contributed by atoms with E-state index in [4.69, 9.17) is 18.5 Å². The maximum atomic E-state index is 14.0. The van der Waals surface area contributed by atoms with E-state index < -0.39 is 57.1 Å². The van der Waals surface area contributed by atoms with Gasteiger partial charge >= 0.3 is 22.2 Å². The van der Waals surface area contributed by atoms with Crippen molar-refractivity contribution in [2.45, 2.75) is 75.7 Å². The van der Waals surface area contributed by atoms with E-state index >= 15 is 0 Å². The molecule has 0 unspecified atom stereocenters. The Morgan fingerprint density at radius 3 is 2.22 bits per heavy atom. The van der Waals surface area contributed by atoms with Gasteiger partial charge in [-0.1, -0.05) is 65.8 Å². The molecule has 2 aliphatic heterocycles. The lowest BCUT2D eigenvalue weighted by atomic mass is 10.0. The molecule has 2 atom stereocenters. The van der Waals surface area contributed by atoms with Gasteiger partial charge in [0.25, 0.3) is 11.8 Å². The lowest BCUT2D eigenvalue weighted by molar-refractivity contribution is -0.154. The van der Waals surface area contributed by atoms with Gasteiger partial charge in [0.2, 0.25) is 0 Å². The van der Waals surface area contributed by atoms with Gasteiger partial charge in [0, 0.05) is 5.38 Å². The van der Waals surface area contributed by atoms with Crippen molar-refractivity contribution < 1.29 is 46.1 Å². The molecule has 1 saturated heterocycles. The Balaban J connectivity index is 1.24. The third-order valence-corrected chi connectivity index (χ3v) is 10.8. The van der Waals surface area contributed by atoms with Crippen LogP contribution in [0.25, 0.3) is 0 Å². The minimum atomic E-state index is -4.12. The molecule has 3 aromatic rings. The number of amides is 3. The first-order valence-corrected chi connectivity index (χ1v) is 20.8. The molecule has 3 aliphatic rings. The highest BCUT2D eigenvalue weighted by Crippen LogP contribution is 2.42. The maximum absolute atomic E-state index is 14.0. The average Bonchev–Trinajstić information content (AvgIpc) is 3.81. The van der Waals surface area contributed by atoms with Gasteiger partial charge in [-0.2, -0.15) is 8.42 Å². The van der Waals surface area contributed by atoms with Crippen LogP contribution >= 0.6 is 23.1 Å². The van der Waals surface area contributed by atoms with Gasteiger partial charge in [0.15, 0.2) is 28.4 Å². The number of esters is 1. The first kappa shape index (κ1) is 38.8.